The smallest absolute Gasteiger partial charge is 0.299 e. The maximum absolute atomic E-state index is 12.4. The second-order valence-corrected chi connectivity index (χ2v) is 7.90. The van der Waals surface area contributed by atoms with E-state index >= 15 is 0 Å². The summed E-state index contributed by atoms with van der Waals surface area (Å²) in [6, 6.07) is 9.22. The van der Waals surface area contributed by atoms with Crippen molar-refractivity contribution >= 4 is 16.0 Å². The first-order valence-corrected chi connectivity index (χ1v) is 9.56. The van der Waals surface area contributed by atoms with Gasteiger partial charge in [-0.25, -0.2) is 18.1 Å². The van der Waals surface area contributed by atoms with Crippen molar-refractivity contribution < 1.29 is 18.3 Å². The Balaban J connectivity index is 1.85. The summed E-state index contributed by atoms with van der Waals surface area (Å²) in [7, 11) is -3.44. The van der Waals surface area contributed by atoms with Crippen molar-refractivity contribution in [3.8, 4) is 0 Å². The predicted octanol–water partition coefficient (Wildman–Crippen LogP) is 1.73. The van der Waals surface area contributed by atoms with Crippen LogP contribution in [0.25, 0.3) is 0 Å². The molecule has 0 amide bonds. The zero-order valence-corrected chi connectivity index (χ0v) is 13.7. The normalized spacial score (nSPS) is 29.2. The Hall–Kier alpha value is -1.60. The van der Waals surface area contributed by atoms with Crippen LogP contribution in [0, 0.1) is 0 Å². The Labute approximate surface area is 136 Å². The van der Waals surface area contributed by atoms with Crippen LogP contribution in [0.4, 0.5) is 0 Å². The molecule has 2 N–H and O–H groups in total. The number of aliphatic imine (C=N–C) groups is 1. The second-order valence-electron chi connectivity index (χ2n) is 6.00. The molecule has 0 spiro atoms. The maximum atomic E-state index is 12.4. The van der Waals surface area contributed by atoms with E-state index in [1.54, 1.807) is 0 Å². The molecule has 1 aliphatic heterocycles. The Morgan fingerprint density at radius 1 is 1.26 bits per heavy atom. The molecule has 7 heteroatoms. The van der Waals surface area contributed by atoms with E-state index in [2.05, 4.69) is 9.71 Å². The van der Waals surface area contributed by atoms with Crippen LogP contribution in [0.15, 0.2) is 35.3 Å². The maximum Gasteiger partial charge on any atom is 0.299 e. The zero-order chi connectivity index (χ0) is 16.3. The summed E-state index contributed by atoms with van der Waals surface area (Å²) in [5, 5.41) is 8.79. The van der Waals surface area contributed by atoms with Crippen LogP contribution >= 0.6 is 0 Å². The number of rotatable bonds is 4. The number of hydrogen-bond donors (Lipinski definition) is 2. The van der Waals surface area contributed by atoms with Crippen molar-refractivity contribution in [1.82, 2.24) is 4.72 Å². The molecule has 2 aliphatic rings. The number of nitrogens with one attached hydrogen (secondary N) is 1. The lowest BCUT2D eigenvalue weighted by Gasteiger charge is -2.36. The first-order chi connectivity index (χ1) is 11.1. The third kappa shape index (κ3) is 3.67. The highest BCUT2D eigenvalue weighted by Crippen LogP contribution is 2.30. The summed E-state index contributed by atoms with van der Waals surface area (Å²) in [4.78, 5) is 4.43. The van der Waals surface area contributed by atoms with E-state index in [0.717, 1.165) is 24.8 Å². The highest BCUT2D eigenvalue weighted by molar-refractivity contribution is 7.90. The summed E-state index contributed by atoms with van der Waals surface area (Å²) in [6.07, 6.45) is 3.34. The van der Waals surface area contributed by atoms with Gasteiger partial charge in [-0.1, -0.05) is 36.8 Å². The van der Waals surface area contributed by atoms with Crippen LogP contribution < -0.4 is 4.72 Å². The van der Waals surface area contributed by atoms with Crippen LogP contribution in [-0.2, 0) is 14.8 Å². The average Bonchev–Trinajstić information content (AvgIpc) is 2.55. The third-order valence-corrected chi connectivity index (χ3v) is 6.19. The monoisotopic (exact) mass is 338 g/mol. The largest absolute Gasteiger partial charge is 0.460 e. The SMILES string of the molecule is O=S1(=O)NC(=N[C@H](CCO)c2ccccc2)O[C@H]2CCCC[C@H]21. The molecule has 0 radical (unpaired) electrons. The molecular formula is C16H22N2O4S. The Morgan fingerprint density at radius 2 is 2.00 bits per heavy atom. The summed E-state index contributed by atoms with van der Waals surface area (Å²) < 4.78 is 33.0. The third-order valence-electron chi connectivity index (χ3n) is 4.39. The Morgan fingerprint density at radius 3 is 2.74 bits per heavy atom. The van der Waals surface area contributed by atoms with Gasteiger partial charge in [0.1, 0.15) is 11.4 Å². The Bertz CT molecular complexity index is 660. The number of benzene rings is 1. The number of hydrogen-bond acceptors (Lipinski definition) is 5. The first-order valence-electron chi connectivity index (χ1n) is 8.02. The van der Waals surface area contributed by atoms with Gasteiger partial charge in [0.2, 0.25) is 10.0 Å². The van der Waals surface area contributed by atoms with Gasteiger partial charge < -0.3 is 9.84 Å². The fourth-order valence-corrected chi connectivity index (χ4v) is 4.78. The van der Waals surface area contributed by atoms with Crippen molar-refractivity contribution in [1.29, 1.82) is 0 Å². The van der Waals surface area contributed by atoms with Gasteiger partial charge in [0.15, 0.2) is 0 Å². The lowest BCUT2D eigenvalue weighted by molar-refractivity contribution is 0.130. The van der Waals surface area contributed by atoms with Crippen molar-refractivity contribution in [3.63, 3.8) is 0 Å². The summed E-state index contributed by atoms with van der Waals surface area (Å²) >= 11 is 0. The molecule has 3 atom stereocenters. The summed E-state index contributed by atoms with van der Waals surface area (Å²) in [6.45, 7) is -0.0326. The Kier molecular flexibility index (Phi) is 4.87. The van der Waals surface area contributed by atoms with Gasteiger partial charge in [-0.05, 0) is 31.2 Å². The fourth-order valence-electron chi connectivity index (χ4n) is 3.22. The number of ether oxygens (including phenoxy) is 1. The second kappa shape index (κ2) is 6.88. The summed E-state index contributed by atoms with van der Waals surface area (Å²) in [5.74, 6) is 0. The van der Waals surface area contributed by atoms with Crippen LogP contribution in [0.5, 0.6) is 0 Å². The van der Waals surface area contributed by atoms with Crippen LogP contribution in [0.3, 0.4) is 0 Å². The van der Waals surface area contributed by atoms with E-state index in [4.69, 9.17) is 4.74 Å². The number of fused-ring (bicyclic) bond motifs is 1. The van der Waals surface area contributed by atoms with Crippen LogP contribution in [0.1, 0.15) is 43.7 Å². The molecule has 1 aromatic carbocycles. The molecule has 1 aliphatic carbocycles. The zero-order valence-electron chi connectivity index (χ0n) is 12.9. The molecule has 3 rings (SSSR count). The quantitative estimate of drug-likeness (QED) is 0.875. The minimum Gasteiger partial charge on any atom is -0.460 e. The molecule has 1 saturated heterocycles. The predicted molar refractivity (Wildman–Crippen MR) is 87.5 cm³/mol. The van der Waals surface area contributed by atoms with Gasteiger partial charge in [0, 0.05) is 6.61 Å². The van der Waals surface area contributed by atoms with E-state index in [0.29, 0.717) is 12.8 Å². The number of aliphatic hydroxyl groups is 1. The van der Waals surface area contributed by atoms with E-state index in [1.807, 2.05) is 30.3 Å². The molecule has 6 nitrogen and oxygen atoms in total. The van der Waals surface area contributed by atoms with Crippen LogP contribution in [0.2, 0.25) is 0 Å². The van der Waals surface area contributed by atoms with Crippen molar-refractivity contribution in [2.24, 2.45) is 4.99 Å². The molecule has 2 fully saturated rings. The minimum atomic E-state index is -3.44. The lowest BCUT2D eigenvalue weighted by Crippen LogP contribution is -2.54. The number of amidine groups is 1. The van der Waals surface area contributed by atoms with Crippen molar-refractivity contribution in [3.05, 3.63) is 35.9 Å². The van der Waals surface area contributed by atoms with Gasteiger partial charge in [-0.15, -0.1) is 0 Å². The highest BCUT2D eigenvalue weighted by atomic mass is 32.2. The van der Waals surface area contributed by atoms with Gasteiger partial charge in [-0.3, -0.25) is 0 Å². The van der Waals surface area contributed by atoms with E-state index in [1.165, 1.54) is 0 Å². The van der Waals surface area contributed by atoms with Crippen LogP contribution in [-0.4, -0.2) is 37.5 Å². The summed E-state index contributed by atoms with van der Waals surface area (Å²) in [5.41, 5.74) is 0.919. The molecule has 1 aromatic rings. The molecule has 0 aromatic heterocycles. The number of sulfonamides is 1. The molecule has 23 heavy (non-hydrogen) atoms. The average molecular weight is 338 g/mol. The van der Waals surface area contributed by atoms with Gasteiger partial charge in [0.05, 0.1) is 6.04 Å². The molecule has 0 unspecified atom stereocenters. The van der Waals surface area contributed by atoms with Gasteiger partial charge >= 0.3 is 0 Å². The van der Waals surface area contributed by atoms with Gasteiger partial charge in [-0.2, -0.15) is 0 Å². The molecule has 126 valence electrons. The minimum absolute atomic E-state index is 0.0326. The van der Waals surface area contributed by atoms with E-state index < -0.39 is 15.3 Å². The molecule has 0 bridgehead atoms. The fraction of sp³-hybridized carbons (Fsp3) is 0.562. The van der Waals surface area contributed by atoms with Gasteiger partial charge in [0.25, 0.3) is 6.02 Å². The molecule has 1 saturated carbocycles. The highest BCUT2D eigenvalue weighted by Gasteiger charge is 2.42. The van der Waals surface area contributed by atoms with E-state index in [9.17, 15) is 13.5 Å². The first kappa shape index (κ1) is 16.3. The standard InChI is InChI=1S/C16H22N2O4S/c19-11-10-13(12-6-2-1-3-7-12)17-16-18-23(20,21)15-9-5-4-8-14(15)22-16/h1-3,6-7,13-15,19H,4-5,8-11H2,(H,17,18)/t13-,14+,15-/m1/s1. The van der Waals surface area contributed by atoms with E-state index in [-0.39, 0.29) is 24.8 Å². The lowest BCUT2D eigenvalue weighted by atomic mass is 9.97. The number of nitrogens with zero attached hydrogens (tertiary/aromatic N) is 1. The molecular weight excluding hydrogens is 316 g/mol. The number of aliphatic hydroxyl groups excluding tert-OH is 1. The van der Waals surface area contributed by atoms with Crippen molar-refractivity contribution in [2.75, 3.05) is 6.61 Å². The molecule has 1 heterocycles. The van der Waals surface area contributed by atoms with Crippen molar-refractivity contribution in [2.45, 2.75) is 49.5 Å². The topological polar surface area (TPSA) is 88.0 Å².